The lowest BCUT2D eigenvalue weighted by Gasteiger charge is -2.35. The number of benzene rings is 1. The summed E-state index contributed by atoms with van der Waals surface area (Å²) in [7, 11) is 0. The van der Waals surface area contributed by atoms with Crippen molar-refractivity contribution in [3.8, 4) is 11.3 Å². The molecule has 1 atom stereocenters. The van der Waals surface area contributed by atoms with Gasteiger partial charge in [0.25, 0.3) is 0 Å². The molecule has 2 aliphatic heterocycles. The number of imidazole rings is 1. The molecule has 1 spiro atoms. The second kappa shape index (κ2) is 6.34. The fourth-order valence-corrected chi connectivity index (χ4v) is 4.97. The summed E-state index contributed by atoms with van der Waals surface area (Å²) < 4.78 is 8.74. The minimum atomic E-state index is -0.0798. The third-order valence-electron chi connectivity index (χ3n) is 5.56. The molecule has 26 heavy (non-hydrogen) atoms. The molecule has 0 amide bonds. The fourth-order valence-electron chi connectivity index (χ4n) is 4.22. The van der Waals surface area contributed by atoms with E-state index >= 15 is 0 Å². The number of rotatable bonds is 3. The molecule has 0 N–H and O–H groups in total. The van der Waals surface area contributed by atoms with E-state index < -0.39 is 0 Å². The van der Waals surface area contributed by atoms with Crippen molar-refractivity contribution < 1.29 is 4.74 Å². The predicted molar refractivity (Wildman–Crippen MR) is 104 cm³/mol. The van der Waals surface area contributed by atoms with E-state index in [1.54, 1.807) is 0 Å². The first-order chi connectivity index (χ1) is 12.7. The smallest absolute Gasteiger partial charge is 0.135 e. The molecule has 2 aliphatic rings. The molecule has 1 aromatic carbocycles. The number of hydrogen-bond acceptors (Lipinski definition) is 4. The second-order valence-electron chi connectivity index (χ2n) is 7.53. The van der Waals surface area contributed by atoms with Crippen molar-refractivity contribution in [2.75, 3.05) is 13.1 Å². The van der Waals surface area contributed by atoms with Crippen LogP contribution in [0.15, 0.2) is 48.0 Å². The average Bonchev–Trinajstić information content (AvgIpc) is 3.36. The lowest BCUT2D eigenvalue weighted by molar-refractivity contribution is -0.0821. The van der Waals surface area contributed by atoms with Crippen LogP contribution in [0.25, 0.3) is 11.3 Å². The molecule has 0 saturated carbocycles. The Morgan fingerprint density at radius 3 is 3.04 bits per heavy atom. The Bertz CT molecular complexity index is 917. The Kier molecular flexibility index (Phi) is 3.96. The molecule has 134 valence electrons. The zero-order valence-electron chi connectivity index (χ0n) is 15.0. The number of aryl methyl sites for hydroxylation is 1. The van der Waals surface area contributed by atoms with Gasteiger partial charge in [-0.15, -0.1) is 11.3 Å². The van der Waals surface area contributed by atoms with Crippen molar-refractivity contribution in [2.45, 2.75) is 38.6 Å². The minimum Gasteiger partial charge on any atom is -0.364 e. The highest BCUT2D eigenvalue weighted by atomic mass is 32.1. The van der Waals surface area contributed by atoms with Crippen LogP contribution in [0.2, 0.25) is 0 Å². The van der Waals surface area contributed by atoms with Crippen LogP contribution in [-0.4, -0.2) is 33.1 Å². The molecule has 5 heteroatoms. The van der Waals surface area contributed by atoms with Gasteiger partial charge in [0.05, 0.1) is 18.4 Å². The zero-order valence-corrected chi connectivity index (χ0v) is 15.8. The highest BCUT2D eigenvalue weighted by Gasteiger charge is 2.43. The number of nitrogens with zero attached hydrogens (tertiary/aromatic N) is 3. The molecule has 4 nitrogen and oxygen atoms in total. The van der Waals surface area contributed by atoms with Gasteiger partial charge in [-0.2, -0.15) is 0 Å². The van der Waals surface area contributed by atoms with E-state index in [2.05, 4.69) is 63.2 Å². The lowest BCUT2D eigenvalue weighted by atomic mass is 10.0. The third-order valence-corrected chi connectivity index (χ3v) is 6.42. The third kappa shape index (κ3) is 2.90. The maximum Gasteiger partial charge on any atom is 0.135 e. The molecule has 2 aromatic heterocycles. The summed E-state index contributed by atoms with van der Waals surface area (Å²) in [5.41, 5.74) is 3.66. The SMILES string of the molecule is Cc1cccc(-c2cnc3n2CC2(CCN(Cc4cccs4)C2)OC3)c1. The Balaban J connectivity index is 1.39. The topological polar surface area (TPSA) is 30.3 Å². The van der Waals surface area contributed by atoms with Gasteiger partial charge >= 0.3 is 0 Å². The zero-order chi connectivity index (χ0) is 17.6. The van der Waals surface area contributed by atoms with Gasteiger partial charge in [0.1, 0.15) is 18.0 Å². The van der Waals surface area contributed by atoms with E-state index in [4.69, 9.17) is 4.74 Å². The highest BCUT2D eigenvalue weighted by molar-refractivity contribution is 7.09. The second-order valence-corrected chi connectivity index (χ2v) is 8.56. The van der Waals surface area contributed by atoms with E-state index in [9.17, 15) is 0 Å². The molecule has 3 aromatic rings. The van der Waals surface area contributed by atoms with Crippen LogP contribution in [0.5, 0.6) is 0 Å². The molecular formula is C21H23N3OS. The molecular weight excluding hydrogens is 342 g/mol. The Hall–Kier alpha value is -1.95. The fraction of sp³-hybridized carbons (Fsp3) is 0.381. The van der Waals surface area contributed by atoms with Crippen LogP contribution < -0.4 is 0 Å². The van der Waals surface area contributed by atoms with Crippen molar-refractivity contribution in [2.24, 2.45) is 0 Å². The summed E-state index contributed by atoms with van der Waals surface area (Å²) in [6.45, 7) is 6.77. The van der Waals surface area contributed by atoms with Gasteiger partial charge in [0.2, 0.25) is 0 Å². The van der Waals surface area contributed by atoms with Crippen molar-refractivity contribution in [1.82, 2.24) is 14.5 Å². The van der Waals surface area contributed by atoms with Gasteiger partial charge in [-0.25, -0.2) is 4.98 Å². The summed E-state index contributed by atoms with van der Waals surface area (Å²) in [5, 5.41) is 2.16. The standard InChI is InChI=1S/C21H23N3OS/c1-16-4-2-5-17(10-16)19-11-22-20-13-25-21(15-24(19)20)7-8-23(14-21)12-18-6-3-9-26-18/h2-6,9-11H,7-8,12-15H2,1H3. The molecule has 0 bridgehead atoms. The summed E-state index contributed by atoms with van der Waals surface area (Å²) >= 11 is 1.84. The summed E-state index contributed by atoms with van der Waals surface area (Å²) in [4.78, 5) is 8.58. The number of ether oxygens (including phenoxy) is 1. The van der Waals surface area contributed by atoms with E-state index in [1.807, 2.05) is 17.5 Å². The lowest BCUT2D eigenvalue weighted by Crippen LogP contribution is -2.44. The van der Waals surface area contributed by atoms with Crippen molar-refractivity contribution in [3.63, 3.8) is 0 Å². The van der Waals surface area contributed by atoms with Crippen LogP contribution in [0, 0.1) is 6.92 Å². The van der Waals surface area contributed by atoms with E-state index in [-0.39, 0.29) is 5.60 Å². The quantitative estimate of drug-likeness (QED) is 0.700. The summed E-state index contributed by atoms with van der Waals surface area (Å²) in [6, 6.07) is 13.0. The number of aromatic nitrogens is 2. The maximum atomic E-state index is 6.35. The average molecular weight is 366 g/mol. The Morgan fingerprint density at radius 1 is 1.23 bits per heavy atom. The first-order valence-corrected chi connectivity index (χ1v) is 10.1. The minimum absolute atomic E-state index is 0.0798. The number of likely N-dealkylation sites (tertiary alicyclic amines) is 1. The van der Waals surface area contributed by atoms with Crippen LogP contribution in [0.1, 0.15) is 22.7 Å². The van der Waals surface area contributed by atoms with E-state index in [0.29, 0.717) is 6.61 Å². The maximum absolute atomic E-state index is 6.35. The van der Waals surface area contributed by atoms with Crippen molar-refractivity contribution >= 4 is 11.3 Å². The molecule has 4 heterocycles. The molecule has 1 saturated heterocycles. The van der Waals surface area contributed by atoms with Crippen LogP contribution >= 0.6 is 11.3 Å². The van der Waals surface area contributed by atoms with Gasteiger partial charge in [-0.1, -0.05) is 29.8 Å². The largest absolute Gasteiger partial charge is 0.364 e. The van der Waals surface area contributed by atoms with Crippen molar-refractivity contribution in [1.29, 1.82) is 0 Å². The predicted octanol–water partition coefficient (Wildman–Crippen LogP) is 4.09. The van der Waals surface area contributed by atoms with Gasteiger partial charge in [0, 0.05) is 30.1 Å². The first-order valence-electron chi connectivity index (χ1n) is 9.21. The number of hydrogen-bond donors (Lipinski definition) is 0. The van der Waals surface area contributed by atoms with Crippen molar-refractivity contribution in [3.05, 3.63) is 64.2 Å². The van der Waals surface area contributed by atoms with Gasteiger partial charge in [-0.05, 0) is 30.9 Å². The normalized spacial score (nSPS) is 22.8. The highest BCUT2D eigenvalue weighted by Crippen LogP contribution is 2.36. The molecule has 1 fully saturated rings. The van der Waals surface area contributed by atoms with E-state index in [0.717, 1.165) is 38.4 Å². The molecule has 1 unspecified atom stereocenters. The monoisotopic (exact) mass is 365 g/mol. The van der Waals surface area contributed by atoms with Gasteiger partial charge in [-0.3, -0.25) is 4.90 Å². The molecule has 5 rings (SSSR count). The Morgan fingerprint density at radius 2 is 2.19 bits per heavy atom. The van der Waals surface area contributed by atoms with Crippen LogP contribution in [-0.2, 0) is 24.4 Å². The van der Waals surface area contributed by atoms with Gasteiger partial charge < -0.3 is 9.30 Å². The summed E-state index contributed by atoms with van der Waals surface area (Å²) in [6.07, 6.45) is 3.09. The molecule has 0 radical (unpaired) electrons. The summed E-state index contributed by atoms with van der Waals surface area (Å²) in [5.74, 6) is 1.05. The Labute approximate surface area is 158 Å². The van der Waals surface area contributed by atoms with Gasteiger partial charge in [0.15, 0.2) is 0 Å². The molecule has 0 aliphatic carbocycles. The number of thiophene rings is 1. The van der Waals surface area contributed by atoms with Crippen LogP contribution in [0.3, 0.4) is 0 Å². The number of fused-ring (bicyclic) bond motifs is 1. The van der Waals surface area contributed by atoms with Crippen LogP contribution in [0.4, 0.5) is 0 Å². The first kappa shape index (κ1) is 16.2. The van der Waals surface area contributed by atoms with E-state index in [1.165, 1.54) is 21.7 Å².